The molecule has 0 atom stereocenters. The van der Waals surface area contributed by atoms with Gasteiger partial charge in [0.15, 0.2) is 0 Å². The van der Waals surface area contributed by atoms with Crippen LogP contribution in [0.1, 0.15) is 5.56 Å². The van der Waals surface area contributed by atoms with E-state index in [9.17, 15) is 14.5 Å². The number of nitroso groups, excluding NO2 is 1. The minimum absolute atomic E-state index is 0.302. The van der Waals surface area contributed by atoms with Gasteiger partial charge in [0.05, 0.1) is 5.29 Å². The summed E-state index contributed by atoms with van der Waals surface area (Å²) in [5.74, 6) is 0. The third-order valence-corrected chi connectivity index (χ3v) is 1.53. The summed E-state index contributed by atoms with van der Waals surface area (Å²) in [5, 5.41) is 2.43. The maximum Gasteiger partial charge on any atom is 0.353 e. The number of aromatic nitrogens is 2. The summed E-state index contributed by atoms with van der Waals surface area (Å²) < 4.78 is 1.41. The van der Waals surface area contributed by atoms with E-state index in [4.69, 9.17) is 0 Å². The molecule has 0 N–H and O–H groups in total. The van der Waals surface area contributed by atoms with Crippen molar-refractivity contribution in [3.63, 3.8) is 0 Å². The Kier molecular flexibility index (Phi) is 1.90. The van der Waals surface area contributed by atoms with Gasteiger partial charge in [-0.2, -0.15) is 4.68 Å². The molecule has 1 heterocycles. The van der Waals surface area contributed by atoms with Gasteiger partial charge in [-0.05, 0) is 6.92 Å². The maximum atomic E-state index is 11.1. The second kappa shape index (κ2) is 2.72. The van der Waals surface area contributed by atoms with Gasteiger partial charge in [0.2, 0.25) is 0 Å². The second-order valence-electron chi connectivity index (χ2n) is 2.39. The van der Waals surface area contributed by atoms with E-state index < -0.39 is 11.2 Å². The SMILES string of the molecule is Cc1cn(N=O)c(=O)n(C)c1=O. The highest BCUT2D eigenvalue weighted by Gasteiger charge is 2.03. The Morgan fingerprint density at radius 2 is 2.00 bits per heavy atom. The minimum atomic E-state index is -0.736. The molecule has 0 aliphatic heterocycles. The summed E-state index contributed by atoms with van der Waals surface area (Å²) in [6.07, 6.45) is 1.11. The van der Waals surface area contributed by atoms with Crippen LogP contribution in [0.2, 0.25) is 0 Å². The van der Waals surface area contributed by atoms with E-state index >= 15 is 0 Å². The Labute approximate surface area is 67.0 Å². The number of aryl methyl sites for hydroxylation is 1. The van der Waals surface area contributed by atoms with E-state index in [0.29, 0.717) is 10.2 Å². The van der Waals surface area contributed by atoms with Crippen molar-refractivity contribution in [3.8, 4) is 0 Å². The first kappa shape index (κ1) is 8.38. The van der Waals surface area contributed by atoms with Crippen LogP contribution >= 0.6 is 0 Å². The van der Waals surface area contributed by atoms with Crippen LogP contribution in [0.5, 0.6) is 0 Å². The highest BCUT2D eigenvalue weighted by molar-refractivity contribution is 5.01. The molecule has 6 heteroatoms. The summed E-state index contributed by atoms with van der Waals surface area (Å²) >= 11 is 0. The summed E-state index contributed by atoms with van der Waals surface area (Å²) in [6.45, 7) is 1.50. The van der Waals surface area contributed by atoms with Gasteiger partial charge in [-0.15, -0.1) is 4.91 Å². The molecule has 0 aromatic carbocycles. The van der Waals surface area contributed by atoms with Crippen LogP contribution in [-0.2, 0) is 7.05 Å². The predicted octanol–water partition coefficient (Wildman–Crippen LogP) is -0.615. The molecule has 12 heavy (non-hydrogen) atoms. The van der Waals surface area contributed by atoms with Gasteiger partial charge in [-0.25, -0.2) is 4.79 Å². The molecule has 0 radical (unpaired) electrons. The first-order valence-corrected chi connectivity index (χ1v) is 3.21. The van der Waals surface area contributed by atoms with Crippen LogP contribution in [-0.4, -0.2) is 9.24 Å². The molecule has 0 aliphatic carbocycles. The summed E-state index contributed by atoms with van der Waals surface area (Å²) in [4.78, 5) is 32.1. The molecule has 0 saturated heterocycles. The van der Waals surface area contributed by atoms with Crippen LogP contribution in [0, 0.1) is 11.8 Å². The summed E-state index contributed by atoms with van der Waals surface area (Å²) in [5.41, 5.74) is -0.850. The molecular formula is C6H7N3O3. The quantitative estimate of drug-likeness (QED) is 0.526. The molecule has 0 amide bonds. The first-order valence-electron chi connectivity index (χ1n) is 3.21. The van der Waals surface area contributed by atoms with E-state index in [1.54, 1.807) is 0 Å². The van der Waals surface area contributed by atoms with Gasteiger partial charge in [-0.1, -0.05) is 0 Å². The van der Waals surface area contributed by atoms with Crippen molar-refractivity contribution < 1.29 is 0 Å². The monoisotopic (exact) mass is 169 g/mol. The van der Waals surface area contributed by atoms with Crippen molar-refractivity contribution in [2.45, 2.75) is 6.92 Å². The molecule has 64 valence electrons. The standard InChI is InChI=1S/C6H7N3O3/c1-4-3-9(7-12)6(11)8(2)5(4)10/h3H,1-2H3. The Hall–Kier alpha value is -1.72. The lowest BCUT2D eigenvalue weighted by Gasteiger charge is -1.99. The van der Waals surface area contributed by atoms with E-state index in [2.05, 4.69) is 5.29 Å². The normalized spacial score (nSPS) is 9.83. The molecule has 6 nitrogen and oxygen atoms in total. The van der Waals surface area contributed by atoms with E-state index in [1.807, 2.05) is 0 Å². The third-order valence-electron chi connectivity index (χ3n) is 1.53. The van der Waals surface area contributed by atoms with Crippen molar-refractivity contribution >= 4 is 0 Å². The lowest BCUT2D eigenvalue weighted by molar-refractivity contribution is 0.661. The molecule has 0 spiro atoms. The fourth-order valence-electron chi connectivity index (χ4n) is 0.857. The van der Waals surface area contributed by atoms with Crippen molar-refractivity contribution in [1.82, 2.24) is 9.24 Å². The lowest BCUT2D eigenvalue weighted by atomic mass is 10.4. The van der Waals surface area contributed by atoms with Gasteiger partial charge in [-0.3, -0.25) is 9.36 Å². The zero-order chi connectivity index (χ0) is 9.30. The molecule has 0 bridgehead atoms. The van der Waals surface area contributed by atoms with Crippen LogP contribution in [0.3, 0.4) is 0 Å². The Morgan fingerprint density at radius 1 is 1.42 bits per heavy atom. The molecule has 1 rings (SSSR count). The molecule has 1 aromatic heterocycles. The predicted molar refractivity (Wildman–Crippen MR) is 41.9 cm³/mol. The van der Waals surface area contributed by atoms with E-state index in [0.717, 1.165) is 10.8 Å². The highest BCUT2D eigenvalue weighted by atomic mass is 16.3. The fraction of sp³-hybridized carbons (Fsp3) is 0.333. The van der Waals surface area contributed by atoms with Gasteiger partial charge < -0.3 is 0 Å². The summed E-state index contributed by atoms with van der Waals surface area (Å²) in [6, 6.07) is 0. The topological polar surface area (TPSA) is 73.4 Å². The zero-order valence-electron chi connectivity index (χ0n) is 6.64. The molecule has 0 unspecified atom stereocenters. The Bertz CT molecular complexity index is 429. The van der Waals surface area contributed by atoms with Crippen LogP contribution in [0.15, 0.2) is 21.1 Å². The number of hydrogen-bond donors (Lipinski definition) is 0. The smallest absolute Gasteiger partial charge is 0.269 e. The van der Waals surface area contributed by atoms with Crippen molar-refractivity contribution in [3.05, 3.63) is 37.5 Å². The first-order chi connectivity index (χ1) is 5.57. The van der Waals surface area contributed by atoms with Gasteiger partial charge >= 0.3 is 5.69 Å². The molecule has 1 aromatic rings. The lowest BCUT2D eigenvalue weighted by Crippen LogP contribution is -2.37. The molecular weight excluding hydrogens is 162 g/mol. The van der Waals surface area contributed by atoms with Crippen LogP contribution < -0.4 is 11.2 Å². The highest BCUT2D eigenvalue weighted by Crippen LogP contribution is 1.83. The van der Waals surface area contributed by atoms with Crippen molar-refractivity contribution in [1.29, 1.82) is 0 Å². The van der Waals surface area contributed by atoms with Crippen molar-refractivity contribution in [2.75, 3.05) is 0 Å². The largest absolute Gasteiger partial charge is 0.353 e. The average molecular weight is 169 g/mol. The second-order valence-corrected chi connectivity index (χ2v) is 2.39. The third kappa shape index (κ3) is 1.07. The van der Waals surface area contributed by atoms with Crippen LogP contribution in [0.25, 0.3) is 0 Å². The summed E-state index contributed by atoms with van der Waals surface area (Å²) in [7, 11) is 1.29. The molecule has 0 fully saturated rings. The minimum Gasteiger partial charge on any atom is -0.269 e. The Balaban J connectivity index is 3.73. The van der Waals surface area contributed by atoms with Crippen molar-refractivity contribution in [2.24, 2.45) is 12.3 Å². The fourth-order valence-corrected chi connectivity index (χ4v) is 0.857. The average Bonchev–Trinajstić information content (AvgIpc) is 2.08. The van der Waals surface area contributed by atoms with Gasteiger partial charge in [0.1, 0.15) is 0 Å². The number of hydrogen-bond acceptors (Lipinski definition) is 4. The molecule has 0 saturated carbocycles. The molecule has 0 aliphatic rings. The van der Waals surface area contributed by atoms with E-state index in [-0.39, 0.29) is 0 Å². The number of nitrogens with zero attached hydrogens (tertiary/aromatic N) is 3. The van der Waals surface area contributed by atoms with E-state index in [1.165, 1.54) is 14.0 Å². The Morgan fingerprint density at radius 3 is 2.50 bits per heavy atom. The maximum absolute atomic E-state index is 11.1. The number of rotatable bonds is 1. The van der Waals surface area contributed by atoms with Crippen LogP contribution in [0.4, 0.5) is 0 Å². The van der Waals surface area contributed by atoms with Gasteiger partial charge in [0.25, 0.3) is 5.56 Å². The zero-order valence-corrected chi connectivity index (χ0v) is 6.64. The van der Waals surface area contributed by atoms with Gasteiger partial charge in [0, 0.05) is 18.8 Å².